The largest absolute Gasteiger partial charge is 0.504 e. The van der Waals surface area contributed by atoms with Gasteiger partial charge in [0.05, 0.1) is 23.1 Å². The Kier molecular flexibility index (Phi) is 4.26. The molecule has 2 heterocycles. The van der Waals surface area contributed by atoms with E-state index in [0.717, 1.165) is 0 Å². The van der Waals surface area contributed by atoms with Crippen LogP contribution in [0.4, 0.5) is 0 Å². The Bertz CT molecular complexity index is 826. The van der Waals surface area contributed by atoms with Gasteiger partial charge in [-0.1, -0.05) is 12.1 Å². The molecular formula is C17H15NO5S. The van der Waals surface area contributed by atoms with Crippen molar-refractivity contribution < 1.29 is 24.5 Å². The first-order chi connectivity index (χ1) is 11.5. The smallest absolute Gasteiger partial charge is 0.287 e. The summed E-state index contributed by atoms with van der Waals surface area (Å²) in [7, 11) is 0. The number of nitrogens with one attached hydrogen (secondary N) is 1. The number of rotatable bonds is 5. The molecule has 1 atom stereocenters. The van der Waals surface area contributed by atoms with Gasteiger partial charge in [-0.3, -0.25) is 9.59 Å². The summed E-state index contributed by atoms with van der Waals surface area (Å²) < 4.78 is 5.33. The molecule has 0 aliphatic carbocycles. The van der Waals surface area contributed by atoms with Gasteiger partial charge in [0.15, 0.2) is 17.3 Å². The predicted octanol–water partition coefficient (Wildman–Crippen LogP) is 2.72. The number of carbonyl (C=O) groups is 2. The van der Waals surface area contributed by atoms with Crippen LogP contribution in [-0.2, 0) is 4.79 Å². The fraction of sp³-hybridized carbons (Fsp3) is 0.176. The topological polar surface area (TPSA) is 95.9 Å². The fourth-order valence-electron chi connectivity index (χ4n) is 2.54. The number of hydrogen-bond acceptors (Lipinski definition) is 6. The van der Waals surface area contributed by atoms with Gasteiger partial charge in [0.1, 0.15) is 0 Å². The summed E-state index contributed by atoms with van der Waals surface area (Å²) in [5.74, 6) is -1.48. The van der Waals surface area contributed by atoms with Crippen molar-refractivity contribution in [3.8, 4) is 11.5 Å². The molecule has 0 saturated heterocycles. The second kappa shape index (κ2) is 6.37. The zero-order valence-electron chi connectivity index (χ0n) is 12.8. The Balaban J connectivity index is 2.03. The molecular weight excluding hydrogens is 330 g/mol. The highest BCUT2D eigenvalue weighted by Gasteiger charge is 2.38. The number of ketones is 1. The molecule has 124 valence electrons. The lowest BCUT2D eigenvalue weighted by molar-refractivity contribution is -0.119. The van der Waals surface area contributed by atoms with Crippen LogP contribution >= 0.6 is 11.3 Å². The SMILES string of the molecule is CCOc1cc(C2NC(=O)C(O)=C2C(=O)c2cccs2)ccc1O. The molecule has 1 aliphatic heterocycles. The molecule has 0 bridgehead atoms. The van der Waals surface area contributed by atoms with Gasteiger partial charge in [0.25, 0.3) is 5.91 Å². The maximum absolute atomic E-state index is 12.6. The summed E-state index contributed by atoms with van der Waals surface area (Å²) in [5.41, 5.74) is 0.532. The van der Waals surface area contributed by atoms with E-state index < -0.39 is 23.5 Å². The molecule has 2 aromatic rings. The van der Waals surface area contributed by atoms with Gasteiger partial charge < -0.3 is 20.3 Å². The molecule has 1 aromatic heterocycles. The molecule has 3 N–H and O–H groups in total. The standard InChI is InChI=1S/C17H15NO5S/c1-2-23-11-8-9(5-6-10(11)19)14-13(16(21)17(22)18-14)15(20)12-4-3-7-24-12/h3-8,14,19,21H,2H2,1H3,(H,18,22). The Morgan fingerprint density at radius 1 is 1.33 bits per heavy atom. The molecule has 24 heavy (non-hydrogen) atoms. The van der Waals surface area contributed by atoms with Gasteiger partial charge in [-0.05, 0) is 36.1 Å². The third-order valence-electron chi connectivity index (χ3n) is 3.64. The second-order valence-corrected chi connectivity index (χ2v) is 6.08. The van der Waals surface area contributed by atoms with Gasteiger partial charge in [-0.25, -0.2) is 0 Å². The number of aliphatic hydroxyl groups is 1. The van der Waals surface area contributed by atoms with E-state index in [0.29, 0.717) is 17.0 Å². The van der Waals surface area contributed by atoms with Gasteiger partial charge in [0, 0.05) is 0 Å². The van der Waals surface area contributed by atoms with Gasteiger partial charge >= 0.3 is 0 Å². The molecule has 1 amide bonds. The average Bonchev–Trinajstić information content (AvgIpc) is 3.19. The number of phenols is 1. The molecule has 1 aliphatic rings. The molecule has 0 saturated carbocycles. The van der Waals surface area contributed by atoms with Crippen molar-refractivity contribution in [3.05, 3.63) is 57.5 Å². The van der Waals surface area contributed by atoms with Gasteiger partial charge in [-0.2, -0.15) is 0 Å². The summed E-state index contributed by atoms with van der Waals surface area (Å²) in [5, 5.41) is 24.2. The lowest BCUT2D eigenvalue weighted by Gasteiger charge is -2.16. The zero-order chi connectivity index (χ0) is 17.3. The van der Waals surface area contributed by atoms with Crippen molar-refractivity contribution in [2.24, 2.45) is 0 Å². The summed E-state index contributed by atoms with van der Waals surface area (Å²) >= 11 is 1.23. The number of benzene rings is 1. The van der Waals surface area contributed by atoms with Crippen molar-refractivity contribution >= 4 is 23.0 Å². The van der Waals surface area contributed by atoms with Crippen molar-refractivity contribution in [2.45, 2.75) is 13.0 Å². The van der Waals surface area contributed by atoms with E-state index in [1.165, 1.54) is 17.4 Å². The summed E-state index contributed by atoms with van der Waals surface area (Å²) in [6, 6.07) is 7.10. The van der Waals surface area contributed by atoms with Gasteiger partial charge in [0.2, 0.25) is 5.78 Å². The summed E-state index contributed by atoms with van der Waals surface area (Å²) in [6.45, 7) is 2.14. The lowest BCUT2D eigenvalue weighted by atomic mass is 9.96. The van der Waals surface area contributed by atoms with E-state index in [1.807, 2.05) is 0 Å². The number of Topliss-reactive ketones (excluding diaryl/α,β-unsaturated/α-hetero) is 1. The Morgan fingerprint density at radius 3 is 2.79 bits per heavy atom. The molecule has 3 rings (SSSR count). The van der Waals surface area contributed by atoms with Crippen LogP contribution in [-0.4, -0.2) is 28.5 Å². The number of aromatic hydroxyl groups is 1. The van der Waals surface area contributed by atoms with E-state index in [4.69, 9.17) is 4.74 Å². The second-order valence-electron chi connectivity index (χ2n) is 5.14. The molecule has 0 fully saturated rings. The predicted molar refractivity (Wildman–Crippen MR) is 88.5 cm³/mol. The summed E-state index contributed by atoms with van der Waals surface area (Å²) in [4.78, 5) is 24.9. The first kappa shape index (κ1) is 16.1. The summed E-state index contributed by atoms with van der Waals surface area (Å²) in [6.07, 6.45) is 0. The minimum absolute atomic E-state index is 0.00408. The Labute approximate surface area is 142 Å². The van der Waals surface area contributed by atoms with Crippen LogP contribution in [0, 0.1) is 0 Å². The number of thiophene rings is 1. The van der Waals surface area contributed by atoms with Crippen molar-refractivity contribution in [1.82, 2.24) is 5.32 Å². The average molecular weight is 345 g/mol. The normalized spacial score (nSPS) is 17.0. The van der Waals surface area contributed by atoms with Crippen LogP contribution in [0.1, 0.15) is 28.2 Å². The van der Waals surface area contributed by atoms with Crippen LogP contribution in [0.5, 0.6) is 11.5 Å². The fourth-order valence-corrected chi connectivity index (χ4v) is 3.22. The molecule has 0 spiro atoms. The van der Waals surface area contributed by atoms with Crippen LogP contribution in [0.2, 0.25) is 0 Å². The molecule has 1 unspecified atom stereocenters. The van der Waals surface area contributed by atoms with E-state index in [2.05, 4.69) is 5.32 Å². The highest BCUT2D eigenvalue weighted by Crippen LogP contribution is 2.36. The molecule has 1 aromatic carbocycles. The number of phenolic OH excluding ortho intramolecular Hbond substituents is 1. The third kappa shape index (κ3) is 2.74. The molecule has 6 nitrogen and oxygen atoms in total. The number of ether oxygens (including phenoxy) is 1. The minimum Gasteiger partial charge on any atom is -0.504 e. The monoisotopic (exact) mass is 345 g/mol. The third-order valence-corrected chi connectivity index (χ3v) is 4.51. The van der Waals surface area contributed by atoms with Gasteiger partial charge in [-0.15, -0.1) is 11.3 Å². The Hall–Kier alpha value is -2.80. The highest BCUT2D eigenvalue weighted by molar-refractivity contribution is 7.12. The van der Waals surface area contributed by atoms with Crippen LogP contribution in [0.15, 0.2) is 47.0 Å². The van der Waals surface area contributed by atoms with Crippen LogP contribution in [0.25, 0.3) is 0 Å². The van der Waals surface area contributed by atoms with Crippen LogP contribution in [0.3, 0.4) is 0 Å². The molecule has 7 heteroatoms. The Morgan fingerprint density at radius 2 is 2.12 bits per heavy atom. The zero-order valence-corrected chi connectivity index (χ0v) is 13.6. The number of carbonyl (C=O) groups excluding carboxylic acids is 2. The van der Waals surface area contributed by atoms with Crippen molar-refractivity contribution in [3.63, 3.8) is 0 Å². The quantitative estimate of drug-likeness (QED) is 0.724. The van der Waals surface area contributed by atoms with Crippen LogP contribution < -0.4 is 10.1 Å². The maximum atomic E-state index is 12.6. The van der Waals surface area contributed by atoms with E-state index in [1.54, 1.807) is 36.6 Å². The number of aliphatic hydroxyl groups excluding tert-OH is 1. The van der Waals surface area contributed by atoms with Crippen molar-refractivity contribution in [1.29, 1.82) is 0 Å². The van der Waals surface area contributed by atoms with Crippen molar-refractivity contribution in [2.75, 3.05) is 6.61 Å². The van der Waals surface area contributed by atoms with E-state index in [9.17, 15) is 19.8 Å². The molecule has 0 radical (unpaired) electrons. The van der Waals surface area contributed by atoms with E-state index >= 15 is 0 Å². The van der Waals surface area contributed by atoms with E-state index in [-0.39, 0.29) is 17.1 Å². The first-order valence-electron chi connectivity index (χ1n) is 7.30. The maximum Gasteiger partial charge on any atom is 0.287 e. The first-order valence-corrected chi connectivity index (χ1v) is 8.18. The number of amides is 1. The number of hydrogen-bond donors (Lipinski definition) is 3. The lowest BCUT2D eigenvalue weighted by Crippen LogP contribution is -2.23. The highest BCUT2D eigenvalue weighted by atomic mass is 32.1. The minimum atomic E-state index is -0.799.